The number of aliphatic hydroxyl groups excluding tert-OH is 1. The Morgan fingerprint density at radius 2 is 2.17 bits per heavy atom. The molecule has 1 N–H and O–H groups in total. The Bertz CT molecular complexity index is 756. The molecule has 1 aliphatic rings. The van der Waals surface area contributed by atoms with Crippen LogP contribution in [0.5, 0.6) is 5.75 Å². The third kappa shape index (κ3) is 2.98. The van der Waals surface area contributed by atoms with Gasteiger partial charge in [0.1, 0.15) is 12.4 Å². The maximum atomic E-state index is 11.8. The Morgan fingerprint density at radius 1 is 1.35 bits per heavy atom. The predicted octanol–water partition coefficient (Wildman–Crippen LogP) is 1.88. The number of benzene rings is 2. The number of carbonyl (C=O) groups is 1. The van der Waals surface area contributed by atoms with Gasteiger partial charge in [0.2, 0.25) is 6.10 Å². The number of fused-ring (bicyclic) bond motifs is 1. The zero-order valence-electron chi connectivity index (χ0n) is 12.7. The molecule has 0 bridgehead atoms. The minimum Gasteiger partial charge on any atom is -0.496 e. The summed E-state index contributed by atoms with van der Waals surface area (Å²) in [5, 5.41) is 14.8. The van der Waals surface area contributed by atoms with Gasteiger partial charge in [-0.15, -0.1) is 0 Å². The molecule has 120 valence electrons. The smallest absolute Gasteiger partial charge is 0.350 e. The lowest BCUT2D eigenvalue weighted by Gasteiger charge is -2.11. The molecule has 3 rings (SSSR count). The second kappa shape index (κ2) is 6.66. The predicted molar refractivity (Wildman–Crippen MR) is 84.6 cm³/mol. The molecule has 0 fully saturated rings. The van der Waals surface area contributed by atoms with E-state index in [1.54, 1.807) is 7.11 Å². The van der Waals surface area contributed by atoms with E-state index in [0.29, 0.717) is 17.9 Å². The van der Waals surface area contributed by atoms with Crippen LogP contribution in [0.4, 0.5) is 0 Å². The number of esters is 1. The highest BCUT2D eigenvalue weighted by molar-refractivity contribution is 6.14. The number of rotatable bonds is 5. The molecule has 0 saturated carbocycles. The van der Waals surface area contributed by atoms with Crippen molar-refractivity contribution in [3.05, 3.63) is 42.0 Å². The zero-order valence-corrected chi connectivity index (χ0v) is 12.7. The second-order valence-electron chi connectivity index (χ2n) is 5.09. The molecule has 0 radical (unpaired) electrons. The number of ether oxygens (including phenoxy) is 2. The van der Waals surface area contributed by atoms with E-state index in [2.05, 4.69) is 5.16 Å². The summed E-state index contributed by atoms with van der Waals surface area (Å²) in [6.45, 7) is -0.269. The Balaban J connectivity index is 1.91. The van der Waals surface area contributed by atoms with Gasteiger partial charge in [0, 0.05) is 12.0 Å². The number of carbonyl (C=O) groups excluding carboxylic acids is 1. The number of aliphatic hydroxyl groups is 1. The molecule has 0 aliphatic carbocycles. The fraction of sp³-hybridized carbons (Fsp3) is 0.294. The van der Waals surface area contributed by atoms with Gasteiger partial charge < -0.3 is 19.4 Å². The number of methoxy groups -OCH3 is 1. The zero-order chi connectivity index (χ0) is 16.2. The molecule has 0 saturated heterocycles. The molecular weight excluding hydrogens is 298 g/mol. The summed E-state index contributed by atoms with van der Waals surface area (Å²) in [4.78, 5) is 17.0. The topological polar surface area (TPSA) is 77.4 Å². The van der Waals surface area contributed by atoms with Crippen LogP contribution >= 0.6 is 0 Å². The van der Waals surface area contributed by atoms with Crippen molar-refractivity contribution in [1.29, 1.82) is 0 Å². The minimum atomic E-state index is -0.791. The highest BCUT2D eigenvalue weighted by atomic mass is 16.7. The maximum Gasteiger partial charge on any atom is 0.350 e. The Labute approximate surface area is 133 Å². The molecule has 2 aromatic carbocycles. The van der Waals surface area contributed by atoms with Crippen molar-refractivity contribution in [2.75, 3.05) is 20.3 Å². The fourth-order valence-corrected chi connectivity index (χ4v) is 2.61. The number of hydrogen-bond donors (Lipinski definition) is 1. The lowest BCUT2D eigenvalue weighted by atomic mass is 9.97. The van der Waals surface area contributed by atoms with Gasteiger partial charge in [0.15, 0.2) is 0 Å². The van der Waals surface area contributed by atoms with Crippen LogP contribution in [0.1, 0.15) is 12.0 Å². The molecule has 1 unspecified atom stereocenters. The highest BCUT2D eigenvalue weighted by Crippen LogP contribution is 2.32. The fourth-order valence-electron chi connectivity index (χ4n) is 2.61. The number of hydrogen-bond acceptors (Lipinski definition) is 6. The van der Waals surface area contributed by atoms with Crippen LogP contribution in [0.15, 0.2) is 41.6 Å². The van der Waals surface area contributed by atoms with E-state index >= 15 is 0 Å². The molecular formula is C17H17NO5. The first kappa shape index (κ1) is 15.3. The lowest BCUT2D eigenvalue weighted by molar-refractivity contribution is -0.156. The third-order valence-electron chi connectivity index (χ3n) is 3.67. The molecule has 1 aliphatic heterocycles. The summed E-state index contributed by atoms with van der Waals surface area (Å²) >= 11 is 0. The summed E-state index contributed by atoms with van der Waals surface area (Å²) in [6, 6.07) is 11.7. The van der Waals surface area contributed by atoms with Gasteiger partial charge >= 0.3 is 5.97 Å². The quantitative estimate of drug-likeness (QED) is 0.852. The van der Waals surface area contributed by atoms with Crippen molar-refractivity contribution >= 4 is 22.5 Å². The average Bonchev–Trinajstić information content (AvgIpc) is 3.08. The van der Waals surface area contributed by atoms with Crippen LogP contribution in [0.3, 0.4) is 0 Å². The third-order valence-corrected chi connectivity index (χ3v) is 3.67. The van der Waals surface area contributed by atoms with Gasteiger partial charge in [-0.25, -0.2) is 4.79 Å². The summed E-state index contributed by atoms with van der Waals surface area (Å²) in [5.41, 5.74) is 1.47. The van der Waals surface area contributed by atoms with E-state index in [4.69, 9.17) is 19.4 Å². The van der Waals surface area contributed by atoms with E-state index < -0.39 is 12.1 Å². The first-order chi connectivity index (χ1) is 11.2. The van der Waals surface area contributed by atoms with E-state index in [0.717, 1.165) is 16.3 Å². The molecule has 6 heteroatoms. The molecule has 2 aromatic rings. The molecule has 6 nitrogen and oxygen atoms in total. The van der Waals surface area contributed by atoms with Gasteiger partial charge in [0.05, 0.1) is 19.4 Å². The Kier molecular flexibility index (Phi) is 4.43. The van der Waals surface area contributed by atoms with E-state index in [1.807, 2.05) is 36.4 Å². The summed E-state index contributed by atoms with van der Waals surface area (Å²) in [5.74, 6) is 0.146. The van der Waals surface area contributed by atoms with Crippen molar-refractivity contribution in [3.8, 4) is 5.75 Å². The first-order valence-corrected chi connectivity index (χ1v) is 7.31. The van der Waals surface area contributed by atoms with Gasteiger partial charge in [-0.1, -0.05) is 35.5 Å². The highest BCUT2D eigenvalue weighted by Gasteiger charge is 2.32. The molecule has 1 heterocycles. The van der Waals surface area contributed by atoms with Gasteiger partial charge in [-0.3, -0.25) is 0 Å². The van der Waals surface area contributed by atoms with Gasteiger partial charge in [-0.05, 0) is 16.8 Å². The second-order valence-corrected chi connectivity index (χ2v) is 5.09. The monoisotopic (exact) mass is 315 g/mol. The average molecular weight is 315 g/mol. The van der Waals surface area contributed by atoms with E-state index in [9.17, 15) is 4.79 Å². The van der Waals surface area contributed by atoms with Crippen LogP contribution in [-0.2, 0) is 14.4 Å². The van der Waals surface area contributed by atoms with Gasteiger partial charge in [0.25, 0.3) is 0 Å². The van der Waals surface area contributed by atoms with Crippen LogP contribution in [-0.4, -0.2) is 43.2 Å². The van der Waals surface area contributed by atoms with Crippen LogP contribution < -0.4 is 4.74 Å². The van der Waals surface area contributed by atoms with Crippen molar-refractivity contribution in [3.63, 3.8) is 0 Å². The summed E-state index contributed by atoms with van der Waals surface area (Å²) in [7, 11) is 1.59. The molecule has 0 aromatic heterocycles. The number of nitrogens with zero attached hydrogens (tertiary/aromatic N) is 1. The van der Waals surface area contributed by atoms with E-state index in [1.165, 1.54) is 0 Å². The van der Waals surface area contributed by atoms with Crippen molar-refractivity contribution in [1.82, 2.24) is 0 Å². The minimum absolute atomic E-state index is 0.0500. The van der Waals surface area contributed by atoms with Crippen LogP contribution in [0.2, 0.25) is 0 Å². The lowest BCUT2D eigenvalue weighted by Crippen LogP contribution is -2.24. The van der Waals surface area contributed by atoms with Crippen molar-refractivity contribution in [2.45, 2.75) is 12.5 Å². The number of oxime groups is 1. The maximum absolute atomic E-state index is 11.8. The van der Waals surface area contributed by atoms with Crippen LogP contribution in [0, 0.1) is 0 Å². The van der Waals surface area contributed by atoms with Crippen molar-refractivity contribution < 1.29 is 24.2 Å². The normalized spacial score (nSPS) is 16.8. The standard InChI is InChI=1S/C17H17NO5/c1-21-14-7-6-11-4-2-3-5-12(11)16(14)13-10-15(23-18-13)17(20)22-9-8-19/h2-7,15,19H,8-10H2,1H3. The first-order valence-electron chi connectivity index (χ1n) is 7.31. The Hall–Kier alpha value is -2.60. The molecule has 0 amide bonds. The molecule has 23 heavy (non-hydrogen) atoms. The SMILES string of the molecule is COc1ccc2ccccc2c1C1=NOC(C(=O)OCCO)C1. The Morgan fingerprint density at radius 3 is 2.96 bits per heavy atom. The van der Waals surface area contributed by atoms with E-state index in [-0.39, 0.29) is 13.2 Å². The summed E-state index contributed by atoms with van der Waals surface area (Å²) in [6.07, 6.45) is -0.491. The van der Waals surface area contributed by atoms with Crippen LogP contribution in [0.25, 0.3) is 10.8 Å². The van der Waals surface area contributed by atoms with Gasteiger partial charge in [-0.2, -0.15) is 0 Å². The molecule has 1 atom stereocenters. The largest absolute Gasteiger partial charge is 0.496 e. The molecule has 0 spiro atoms. The summed E-state index contributed by atoms with van der Waals surface area (Å²) < 4.78 is 10.3. The van der Waals surface area contributed by atoms with Crippen molar-refractivity contribution in [2.24, 2.45) is 5.16 Å².